The number of hydrogen-bond donors (Lipinski definition) is 3. The number of amides is 1. The maximum atomic E-state index is 12.9. The third-order valence-corrected chi connectivity index (χ3v) is 8.63. The van der Waals surface area contributed by atoms with Crippen LogP contribution in [0, 0.1) is 6.92 Å². The summed E-state index contributed by atoms with van der Waals surface area (Å²) < 4.78 is 28.7. The van der Waals surface area contributed by atoms with Gasteiger partial charge >= 0.3 is 0 Å². The van der Waals surface area contributed by atoms with E-state index in [2.05, 4.69) is 40.6 Å². The highest BCUT2D eigenvalue weighted by Crippen LogP contribution is 2.22. The molecule has 0 unspecified atom stereocenters. The quantitative estimate of drug-likeness (QED) is 0.215. The average Bonchev–Trinajstić information content (AvgIpc) is 3.67. The minimum Gasteiger partial charge on any atom is -0.346 e. The van der Waals surface area contributed by atoms with Crippen LogP contribution >= 0.6 is 11.3 Å². The topological polar surface area (TPSA) is 157 Å². The second-order valence-corrected chi connectivity index (χ2v) is 11.6. The number of hydrogen-bond acceptors (Lipinski definition) is 10. The molecule has 12 nitrogen and oxygen atoms in total. The zero-order valence-corrected chi connectivity index (χ0v) is 23.0. The van der Waals surface area contributed by atoms with Crippen LogP contribution < -0.4 is 15.4 Å². The van der Waals surface area contributed by atoms with E-state index in [1.54, 1.807) is 60.5 Å². The molecule has 3 N–H and O–H groups in total. The van der Waals surface area contributed by atoms with Gasteiger partial charge in [0.05, 0.1) is 25.0 Å². The lowest BCUT2D eigenvalue weighted by Gasteiger charge is -2.11. The number of benzene rings is 1. The van der Waals surface area contributed by atoms with Crippen molar-refractivity contribution in [3.63, 3.8) is 0 Å². The van der Waals surface area contributed by atoms with Crippen LogP contribution in [0.2, 0.25) is 0 Å². The Kier molecular flexibility index (Phi) is 8.19. The summed E-state index contributed by atoms with van der Waals surface area (Å²) in [6.07, 6.45) is 6.75. The van der Waals surface area contributed by atoms with Gasteiger partial charge in [-0.3, -0.25) is 14.5 Å². The lowest BCUT2D eigenvalue weighted by Crippen LogP contribution is -2.27. The van der Waals surface area contributed by atoms with Gasteiger partial charge in [-0.1, -0.05) is 17.3 Å². The lowest BCUT2D eigenvalue weighted by atomic mass is 10.1. The molecule has 0 saturated heterocycles. The molecule has 1 amide bonds. The molecule has 0 aliphatic heterocycles. The molecule has 14 heteroatoms. The highest BCUT2D eigenvalue weighted by atomic mass is 32.2. The van der Waals surface area contributed by atoms with Gasteiger partial charge in [-0.25, -0.2) is 23.1 Å². The Morgan fingerprint density at radius 1 is 1.10 bits per heavy atom. The number of rotatable bonds is 11. The van der Waals surface area contributed by atoms with Crippen LogP contribution in [0.15, 0.2) is 82.9 Å². The van der Waals surface area contributed by atoms with E-state index in [4.69, 9.17) is 0 Å². The van der Waals surface area contributed by atoms with E-state index in [0.717, 1.165) is 28.2 Å². The van der Waals surface area contributed by atoms with Crippen LogP contribution in [0.1, 0.15) is 21.6 Å². The van der Waals surface area contributed by atoms with E-state index >= 15 is 0 Å². The monoisotopic (exact) mass is 575 g/mol. The van der Waals surface area contributed by atoms with E-state index in [1.807, 2.05) is 25.1 Å². The molecule has 4 heterocycles. The molecule has 0 spiro atoms. The van der Waals surface area contributed by atoms with Crippen molar-refractivity contribution in [2.24, 2.45) is 0 Å². The third kappa shape index (κ3) is 6.72. The van der Waals surface area contributed by atoms with Crippen LogP contribution in [0.5, 0.6) is 0 Å². The van der Waals surface area contributed by atoms with E-state index in [-0.39, 0.29) is 23.2 Å². The first-order valence-electron chi connectivity index (χ1n) is 12.2. The summed E-state index contributed by atoms with van der Waals surface area (Å²) in [5, 5.41) is 15.8. The number of anilines is 2. The second kappa shape index (κ2) is 12.1. The smallest absolute Gasteiger partial charge is 0.251 e. The number of nitrogens with zero attached hydrogens (tertiary/aromatic N) is 6. The summed E-state index contributed by atoms with van der Waals surface area (Å²) in [7, 11) is -3.54. The molecule has 0 radical (unpaired) electrons. The van der Waals surface area contributed by atoms with Crippen LogP contribution in [0.3, 0.4) is 0 Å². The minimum atomic E-state index is -3.54. The normalized spacial score (nSPS) is 11.3. The van der Waals surface area contributed by atoms with E-state index in [9.17, 15) is 13.2 Å². The number of pyridine rings is 1. The van der Waals surface area contributed by atoms with Crippen LogP contribution in [0.25, 0.3) is 11.3 Å². The third-order valence-electron chi connectivity index (χ3n) is 5.77. The van der Waals surface area contributed by atoms with E-state index in [1.165, 1.54) is 4.68 Å². The Morgan fingerprint density at radius 2 is 2.00 bits per heavy atom. The minimum absolute atomic E-state index is 0.156. The van der Waals surface area contributed by atoms with Crippen LogP contribution in [0.4, 0.5) is 11.6 Å². The number of nitrogens with one attached hydrogen (secondary N) is 3. The number of carbonyl (C=O) groups is 1. The Bertz CT molecular complexity index is 1710. The van der Waals surface area contributed by atoms with Crippen molar-refractivity contribution in [3.05, 3.63) is 95.5 Å². The Hall–Kier alpha value is -4.53. The van der Waals surface area contributed by atoms with Crippen LogP contribution in [-0.4, -0.2) is 50.8 Å². The van der Waals surface area contributed by atoms with Gasteiger partial charge < -0.3 is 10.6 Å². The Labute approximate surface area is 234 Å². The molecule has 0 aliphatic rings. The van der Waals surface area contributed by atoms with Gasteiger partial charge in [0.25, 0.3) is 5.91 Å². The average molecular weight is 576 g/mol. The molecule has 1 aromatic carbocycles. The van der Waals surface area contributed by atoms with Crippen molar-refractivity contribution in [2.75, 3.05) is 11.9 Å². The first kappa shape index (κ1) is 27.1. The molecule has 0 bridgehead atoms. The largest absolute Gasteiger partial charge is 0.346 e. The molecule has 5 aromatic rings. The van der Waals surface area contributed by atoms with Crippen molar-refractivity contribution in [2.45, 2.75) is 24.2 Å². The Balaban J connectivity index is 1.16. The summed E-state index contributed by atoms with van der Waals surface area (Å²) in [5.41, 5.74) is 4.21. The maximum Gasteiger partial charge on any atom is 0.251 e. The summed E-state index contributed by atoms with van der Waals surface area (Å²) in [5.74, 6) is 0.114. The molecule has 40 heavy (non-hydrogen) atoms. The van der Waals surface area contributed by atoms with Gasteiger partial charge in [-0.2, -0.15) is 0 Å². The zero-order valence-electron chi connectivity index (χ0n) is 21.4. The molecule has 4 aromatic heterocycles. The van der Waals surface area contributed by atoms with Crippen molar-refractivity contribution in [1.82, 2.24) is 40.0 Å². The maximum absolute atomic E-state index is 12.9. The predicted octanol–water partition coefficient (Wildman–Crippen LogP) is 3.15. The lowest BCUT2D eigenvalue weighted by molar-refractivity contribution is 0.0950. The van der Waals surface area contributed by atoms with Gasteiger partial charge in [0, 0.05) is 41.9 Å². The number of aryl methyl sites for hydroxylation is 1. The first-order chi connectivity index (χ1) is 19.4. The Morgan fingerprint density at radius 3 is 2.80 bits per heavy atom. The fraction of sp³-hybridized carbons (Fsp3) is 0.154. The van der Waals surface area contributed by atoms with Gasteiger partial charge in [-0.15, -0.1) is 16.4 Å². The fourth-order valence-corrected chi connectivity index (χ4v) is 5.75. The number of carbonyl (C=O) groups excluding carboxylic acids is 1. The summed E-state index contributed by atoms with van der Waals surface area (Å²) >= 11 is 1.15. The highest BCUT2D eigenvalue weighted by molar-refractivity contribution is 7.91. The van der Waals surface area contributed by atoms with Crippen molar-refractivity contribution in [1.29, 1.82) is 0 Å². The van der Waals surface area contributed by atoms with Gasteiger partial charge in [0.15, 0.2) is 0 Å². The van der Waals surface area contributed by atoms with Crippen molar-refractivity contribution in [3.8, 4) is 11.3 Å². The molecule has 0 fully saturated rings. The first-order valence-corrected chi connectivity index (χ1v) is 14.6. The molecule has 204 valence electrons. The van der Waals surface area contributed by atoms with Crippen LogP contribution in [-0.2, 0) is 23.1 Å². The number of thiophene rings is 1. The van der Waals surface area contributed by atoms with Crippen molar-refractivity contribution < 1.29 is 13.2 Å². The summed E-state index contributed by atoms with van der Waals surface area (Å²) in [6, 6.07) is 14.1. The fourth-order valence-electron chi connectivity index (χ4n) is 3.70. The van der Waals surface area contributed by atoms with Crippen molar-refractivity contribution >= 4 is 38.9 Å². The molecule has 0 atom stereocenters. The standard InChI is InChI=1S/C26H25N9O3S2/c1-18-6-7-19(14-23(18)32-26-28-10-8-22(31-26)20-4-2-9-27-15-20)25(36)29-16-21-17-35(34-33-21)12-11-30-40(37,38)24-5-3-13-39-24/h2-10,13-15,17,30H,11-12,16H2,1H3,(H,29,36)(H,28,31,32). The predicted molar refractivity (Wildman–Crippen MR) is 150 cm³/mol. The molecule has 5 rings (SSSR count). The molecule has 0 aliphatic carbocycles. The number of sulfonamides is 1. The SMILES string of the molecule is Cc1ccc(C(=O)NCc2cn(CCNS(=O)(=O)c3cccs3)nn2)cc1Nc1nccc(-c2cccnc2)n1. The molecule has 0 saturated carbocycles. The summed E-state index contributed by atoms with van der Waals surface area (Å²) in [6.45, 7) is 2.53. The van der Waals surface area contributed by atoms with Gasteiger partial charge in [-0.05, 0) is 54.3 Å². The summed E-state index contributed by atoms with van der Waals surface area (Å²) in [4.78, 5) is 25.9. The van der Waals surface area contributed by atoms with E-state index < -0.39 is 10.0 Å². The number of aromatic nitrogens is 6. The van der Waals surface area contributed by atoms with E-state index in [0.29, 0.717) is 29.4 Å². The van der Waals surface area contributed by atoms with Gasteiger partial charge in [0.2, 0.25) is 16.0 Å². The highest BCUT2D eigenvalue weighted by Gasteiger charge is 2.15. The molecular weight excluding hydrogens is 550 g/mol. The second-order valence-electron chi connectivity index (χ2n) is 8.65. The molecular formula is C26H25N9O3S2. The van der Waals surface area contributed by atoms with Gasteiger partial charge in [0.1, 0.15) is 9.90 Å². The zero-order chi connectivity index (χ0) is 28.0.